The molecule has 3 N–H and O–H groups in total. The fourth-order valence-corrected chi connectivity index (χ4v) is 4.03. The molecule has 0 unspecified atom stereocenters. The van der Waals surface area contributed by atoms with Gasteiger partial charge in [0.15, 0.2) is 0 Å². The molecule has 0 heterocycles. The van der Waals surface area contributed by atoms with Crippen molar-refractivity contribution in [3.63, 3.8) is 0 Å². The zero-order chi connectivity index (χ0) is 26.0. The second-order valence-electron chi connectivity index (χ2n) is 8.82. The van der Waals surface area contributed by atoms with Crippen LogP contribution in [0.1, 0.15) is 65.5 Å². The number of hydrogen-bond acceptors (Lipinski definition) is 4. The second kappa shape index (κ2) is 13.9. The molecule has 8 heteroatoms. The molecular weight excluding hydrogens is 452 g/mol. The number of benzene rings is 2. The minimum absolute atomic E-state index is 0.0331. The Morgan fingerprint density at radius 3 is 2.11 bits per heavy atom. The lowest BCUT2D eigenvalue weighted by atomic mass is 9.99. The summed E-state index contributed by atoms with van der Waals surface area (Å²) in [5.41, 5.74) is 1.78. The minimum atomic E-state index is -0.999. The zero-order valence-corrected chi connectivity index (χ0v) is 21.0. The van der Waals surface area contributed by atoms with Gasteiger partial charge in [0.1, 0.15) is 11.6 Å². The van der Waals surface area contributed by atoms with E-state index < -0.39 is 29.7 Å². The van der Waals surface area contributed by atoms with Gasteiger partial charge in [-0.1, -0.05) is 20.8 Å². The van der Waals surface area contributed by atoms with Gasteiger partial charge in [-0.05, 0) is 74.2 Å². The maximum Gasteiger partial charge on any atom is 0.253 e. The molecule has 2 amide bonds. The molecule has 6 nitrogen and oxygen atoms in total. The Balaban J connectivity index is 2.29. The van der Waals surface area contributed by atoms with E-state index in [4.69, 9.17) is 0 Å². The van der Waals surface area contributed by atoms with Crippen LogP contribution in [0.3, 0.4) is 0 Å². The SMILES string of the molecule is CCCN(CCC)C(=O)c1cc(C)cc(C(=O)N[C@@H](Cc2cc(F)cc(F)c2)[C@H](O)CNCC)c1. The van der Waals surface area contributed by atoms with Crippen LogP contribution in [0.15, 0.2) is 36.4 Å². The number of aliphatic hydroxyl groups excluding tert-OH is 1. The Morgan fingerprint density at radius 1 is 0.943 bits per heavy atom. The van der Waals surface area contributed by atoms with Crippen LogP contribution >= 0.6 is 0 Å². The van der Waals surface area contributed by atoms with E-state index in [9.17, 15) is 23.5 Å². The number of carbonyl (C=O) groups excluding carboxylic acids is 2. The number of rotatable bonds is 13. The molecule has 0 saturated carbocycles. The van der Waals surface area contributed by atoms with Crippen molar-refractivity contribution in [2.75, 3.05) is 26.2 Å². The largest absolute Gasteiger partial charge is 0.390 e. The van der Waals surface area contributed by atoms with Crippen LogP contribution in [-0.2, 0) is 6.42 Å². The molecule has 2 aromatic carbocycles. The van der Waals surface area contributed by atoms with E-state index in [0.717, 1.165) is 24.5 Å². The zero-order valence-electron chi connectivity index (χ0n) is 21.0. The second-order valence-corrected chi connectivity index (χ2v) is 8.82. The summed E-state index contributed by atoms with van der Waals surface area (Å²) in [6.07, 6.45) is 0.694. The molecule has 0 aromatic heterocycles. The van der Waals surface area contributed by atoms with E-state index >= 15 is 0 Å². The first kappa shape index (κ1) is 28.4. The van der Waals surface area contributed by atoms with Crippen LogP contribution in [0.5, 0.6) is 0 Å². The van der Waals surface area contributed by atoms with E-state index in [-0.39, 0.29) is 24.4 Å². The van der Waals surface area contributed by atoms with Crippen molar-refractivity contribution in [3.8, 4) is 0 Å². The predicted molar refractivity (Wildman–Crippen MR) is 134 cm³/mol. The maximum atomic E-state index is 13.7. The molecule has 0 saturated heterocycles. The van der Waals surface area contributed by atoms with Crippen molar-refractivity contribution in [2.24, 2.45) is 0 Å². The summed E-state index contributed by atoms with van der Waals surface area (Å²) in [6.45, 7) is 9.78. The van der Waals surface area contributed by atoms with Crippen LogP contribution in [0.4, 0.5) is 8.78 Å². The highest BCUT2D eigenvalue weighted by molar-refractivity contribution is 6.00. The predicted octanol–water partition coefficient (Wildman–Crippen LogP) is 3.85. The number of hydrogen-bond donors (Lipinski definition) is 3. The topological polar surface area (TPSA) is 81.7 Å². The van der Waals surface area contributed by atoms with Gasteiger partial charge in [0.2, 0.25) is 0 Å². The quantitative estimate of drug-likeness (QED) is 0.399. The van der Waals surface area contributed by atoms with Crippen molar-refractivity contribution in [1.29, 1.82) is 0 Å². The Morgan fingerprint density at radius 2 is 1.54 bits per heavy atom. The molecule has 2 rings (SSSR count). The molecular formula is C27H37F2N3O3. The summed E-state index contributed by atoms with van der Waals surface area (Å²) in [5.74, 6) is -2.06. The van der Waals surface area contributed by atoms with Gasteiger partial charge in [-0.15, -0.1) is 0 Å². The molecule has 2 aromatic rings. The fraction of sp³-hybridized carbons (Fsp3) is 0.481. The van der Waals surface area contributed by atoms with Gasteiger partial charge in [-0.3, -0.25) is 9.59 Å². The average molecular weight is 490 g/mol. The third-order valence-corrected chi connectivity index (χ3v) is 5.62. The van der Waals surface area contributed by atoms with Gasteiger partial charge in [-0.2, -0.15) is 0 Å². The summed E-state index contributed by atoms with van der Waals surface area (Å²) in [7, 11) is 0. The van der Waals surface area contributed by atoms with Gasteiger partial charge >= 0.3 is 0 Å². The molecule has 0 bridgehead atoms. The van der Waals surface area contributed by atoms with E-state index in [1.807, 2.05) is 27.7 Å². The van der Waals surface area contributed by atoms with E-state index in [2.05, 4.69) is 10.6 Å². The first-order valence-corrected chi connectivity index (χ1v) is 12.2. The van der Waals surface area contributed by atoms with Crippen LogP contribution < -0.4 is 10.6 Å². The number of amides is 2. The Labute approximate surface area is 206 Å². The molecule has 0 fully saturated rings. The number of likely N-dealkylation sites (N-methyl/N-ethyl adjacent to an activating group) is 1. The fourth-order valence-electron chi connectivity index (χ4n) is 4.03. The smallest absolute Gasteiger partial charge is 0.253 e. The summed E-state index contributed by atoms with van der Waals surface area (Å²) in [6, 6.07) is 7.31. The lowest BCUT2D eigenvalue weighted by Gasteiger charge is -2.25. The summed E-state index contributed by atoms with van der Waals surface area (Å²) < 4.78 is 27.4. The van der Waals surface area contributed by atoms with E-state index in [1.165, 1.54) is 12.1 Å². The third-order valence-electron chi connectivity index (χ3n) is 5.62. The molecule has 0 aliphatic heterocycles. The number of carbonyl (C=O) groups is 2. The molecule has 35 heavy (non-hydrogen) atoms. The van der Waals surface area contributed by atoms with Crippen LogP contribution in [-0.4, -0.2) is 60.1 Å². The average Bonchev–Trinajstić information content (AvgIpc) is 2.80. The van der Waals surface area contributed by atoms with Crippen molar-refractivity contribution in [1.82, 2.24) is 15.5 Å². The highest BCUT2D eigenvalue weighted by atomic mass is 19.1. The lowest BCUT2D eigenvalue weighted by molar-refractivity contribution is 0.0755. The van der Waals surface area contributed by atoms with Crippen molar-refractivity contribution >= 4 is 11.8 Å². The monoisotopic (exact) mass is 489 g/mol. The van der Waals surface area contributed by atoms with Gasteiger partial charge < -0.3 is 20.6 Å². The van der Waals surface area contributed by atoms with Crippen molar-refractivity contribution in [2.45, 2.75) is 59.1 Å². The van der Waals surface area contributed by atoms with Gasteiger partial charge in [0.25, 0.3) is 11.8 Å². The molecule has 0 spiro atoms. The molecule has 192 valence electrons. The standard InChI is InChI=1S/C27H37F2N3O3/c1-5-8-32(9-6-2)27(35)21-11-18(4)10-20(15-21)26(34)31-24(25(33)17-30-7-3)14-19-12-22(28)16-23(29)13-19/h10-13,15-16,24-25,30,33H,5-9,14,17H2,1-4H3,(H,31,34)/t24-,25+/m0/s1. The lowest BCUT2D eigenvalue weighted by Crippen LogP contribution is -2.48. The molecule has 2 atom stereocenters. The summed E-state index contributed by atoms with van der Waals surface area (Å²) in [5, 5.41) is 16.5. The number of nitrogens with one attached hydrogen (secondary N) is 2. The number of aliphatic hydroxyl groups is 1. The van der Waals surface area contributed by atoms with Gasteiger partial charge in [0.05, 0.1) is 12.1 Å². The first-order chi connectivity index (χ1) is 16.7. The van der Waals surface area contributed by atoms with Crippen LogP contribution in [0.25, 0.3) is 0 Å². The highest BCUT2D eigenvalue weighted by Crippen LogP contribution is 2.16. The molecule has 0 radical (unpaired) electrons. The summed E-state index contributed by atoms with van der Waals surface area (Å²) >= 11 is 0. The number of halogens is 2. The molecule has 0 aliphatic carbocycles. The van der Waals surface area contributed by atoms with Crippen LogP contribution in [0, 0.1) is 18.6 Å². The third kappa shape index (κ3) is 8.71. The maximum absolute atomic E-state index is 13.7. The minimum Gasteiger partial charge on any atom is -0.390 e. The summed E-state index contributed by atoms with van der Waals surface area (Å²) in [4.78, 5) is 28.0. The molecule has 0 aliphatic rings. The van der Waals surface area contributed by atoms with Gasteiger partial charge in [-0.25, -0.2) is 8.78 Å². The van der Waals surface area contributed by atoms with Crippen molar-refractivity contribution in [3.05, 3.63) is 70.3 Å². The van der Waals surface area contributed by atoms with Crippen LogP contribution in [0.2, 0.25) is 0 Å². The normalized spacial score (nSPS) is 12.8. The van der Waals surface area contributed by atoms with Crippen molar-refractivity contribution < 1.29 is 23.5 Å². The van der Waals surface area contributed by atoms with E-state index in [1.54, 1.807) is 23.1 Å². The Hall–Kier alpha value is -2.84. The Kier molecular flexibility index (Phi) is 11.3. The number of aryl methyl sites for hydroxylation is 1. The van der Waals surface area contributed by atoms with E-state index in [0.29, 0.717) is 30.8 Å². The first-order valence-electron chi connectivity index (χ1n) is 12.2. The Bertz CT molecular complexity index is 973. The van der Waals surface area contributed by atoms with Gasteiger partial charge in [0, 0.05) is 36.8 Å². The highest BCUT2D eigenvalue weighted by Gasteiger charge is 2.24. The number of nitrogens with zero attached hydrogens (tertiary/aromatic N) is 1.